The average molecular weight is 275 g/mol. The smallest absolute Gasteiger partial charge is 0.254 e. The highest BCUT2D eigenvalue weighted by atomic mass is 32.1. The molecule has 1 fully saturated rings. The highest BCUT2D eigenvalue weighted by Crippen LogP contribution is 2.26. The molecular formula is C14H17N3OS. The first-order valence-corrected chi connectivity index (χ1v) is 7.49. The van der Waals surface area contributed by atoms with Crippen LogP contribution in [0, 0.1) is 0 Å². The summed E-state index contributed by atoms with van der Waals surface area (Å²) in [4.78, 5) is 14.3. The summed E-state index contributed by atoms with van der Waals surface area (Å²) in [5.74, 6) is 0.527. The SMILES string of the molecule is Cn1ccc(C2CCCN(C(=O)c3ccsc3)C2)n1. The largest absolute Gasteiger partial charge is 0.338 e. The molecule has 19 heavy (non-hydrogen) atoms. The topological polar surface area (TPSA) is 38.1 Å². The Morgan fingerprint density at radius 3 is 3.05 bits per heavy atom. The zero-order valence-electron chi connectivity index (χ0n) is 11.0. The molecule has 2 aromatic heterocycles. The second-order valence-corrected chi connectivity index (χ2v) is 5.80. The summed E-state index contributed by atoms with van der Waals surface area (Å²) in [6, 6.07) is 3.96. The van der Waals surface area contributed by atoms with Crippen molar-refractivity contribution < 1.29 is 4.79 Å². The predicted octanol–water partition coefficient (Wildman–Crippen LogP) is 2.50. The highest BCUT2D eigenvalue weighted by molar-refractivity contribution is 7.08. The summed E-state index contributed by atoms with van der Waals surface area (Å²) in [5, 5.41) is 8.35. The molecule has 5 heteroatoms. The summed E-state index contributed by atoms with van der Waals surface area (Å²) >= 11 is 1.57. The number of carbonyl (C=O) groups excluding carboxylic acids is 1. The standard InChI is InChI=1S/C14H17N3OS/c1-16-7-4-13(15-16)11-3-2-6-17(9-11)14(18)12-5-8-19-10-12/h4-5,7-8,10-11H,2-3,6,9H2,1H3. The molecule has 0 N–H and O–H groups in total. The first kappa shape index (κ1) is 12.4. The van der Waals surface area contributed by atoms with E-state index in [0.29, 0.717) is 5.92 Å². The van der Waals surface area contributed by atoms with Crippen LogP contribution in [0.25, 0.3) is 0 Å². The molecule has 4 nitrogen and oxygen atoms in total. The molecule has 0 radical (unpaired) electrons. The predicted molar refractivity (Wildman–Crippen MR) is 75.4 cm³/mol. The van der Waals surface area contributed by atoms with Crippen molar-refractivity contribution >= 4 is 17.2 Å². The Balaban J connectivity index is 1.73. The fourth-order valence-electron chi connectivity index (χ4n) is 2.62. The molecule has 0 saturated carbocycles. The van der Waals surface area contributed by atoms with Crippen LogP contribution in [0.2, 0.25) is 0 Å². The number of rotatable bonds is 2. The molecule has 3 heterocycles. The lowest BCUT2D eigenvalue weighted by atomic mass is 9.94. The van der Waals surface area contributed by atoms with Gasteiger partial charge in [0.15, 0.2) is 0 Å². The maximum Gasteiger partial charge on any atom is 0.254 e. The van der Waals surface area contributed by atoms with E-state index in [2.05, 4.69) is 11.2 Å². The van der Waals surface area contributed by atoms with Gasteiger partial charge < -0.3 is 4.90 Å². The van der Waals surface area contributed by atoms with Gasteiger partial charge in [0, 0.05) is 37.6 Å². The van der Waals surface area contributed by atoms with E-state index in [1.54, 1.807) is 11.3 Å². The second kappa shape index (κ2) is 5.17. The van der Waals surface area contributed by atoms with E-state index in [1.807, 2.05) is 39.7 Å². The molecule has 1 atom stereocenters. The van der Waals surface area contributed by atoms with Crippen LogP contribution in [0.15, 0.2) is 29.1 Å². The molecule has 0 bridgehead atoms. The van der Waals surface area contributed by atoms with Gasteiger partial charge >= 0.3 is 0 Å². The van der Waals surface area contributed by atoms with E-state index < -0.39 is 0 Å². The Labute approximate surface area is 116 Å². The van der Waals surface area contributed by atoms with Crippen molar-refractivity contribution in [2.24, 2.45) is 7.05 Å². The zero-order valence-corrected chi connectivity index (χ0v) is 11.8. The minimum absolute atomic E-state index is 0.155. The van der Waals surface area contributed by atoms with Crippen molar-refractivity contribution in [2.45, 2.75) is 18.8 Å². The first-order chi connectivity index (χ1) is 9.24. The van der Waals surface area contributed by atoms with E-state index in [-0.39, 0.29) is 5.91 Å². The van der Waals surface area contributed by atoms with Crippen LogP contribution >= 0.6 is 11.3 Å². The summed E-state index contributed by atoms with van der Waals surface area (Å²) in [6.45, 7) is 1.64. The maximum absolute atomic E-state index is 12.3. The van der Waals surface area contributed by atoms with Crippen LogP contribution < -0.4 is 0 Å². The normalized spacial score (nSPS) is 19.6. The molecule has 2 aromatic rings. The number of thiophene rings is 1. The number of carbonyl (C=O) groups is 1. The summed E-state index contributed by atoms with van der Waals surface area (Å²) in [7, 11) is 1.93. The molecule has 1 aliphatic rings. The fourth-order valence-corrected chi connectivity index (χ4v) is 3.25. The quantitative estimate of drug-likeness (QED) is 0.844. The number of amides is 1. The summed E-state index contributed by atoms with van der Waals surface area (Å²) < 4.78 is 1.83. The summed E-state index contributed by atoms with van der Waals surface area (Å²) in [6.07, 6.45) is 4.14. The fraction of sp³-hybridized carbons (Fsp3) is 0.429. The van der Waals surface area contributed by atoms with E-state index in [9.17, 15) is 4.79 Å². The Hall–Kier alpha value is -1.62. The molecule has 3 rings (SSSR count). The van der Waals surface area contributed by atoms with Gasteiger partial charge in [0.1, 0.15) is 0 Å². The van der Waals surface area contributed by atoms with Crippen molar-refractivity contribution in [3.05, 3.63) is 40.3 Å². The number of piperidine rings is 1. The molecule has 1 unspecified atom stereocenters. The molecule has 0 aliphatic carbocycles. The number of likely N-dealkylation sites (tertiary alicyclic amines) is 1. The maximum atomic E-state index is 12.3. The van der Waals surface area contributed by atoms with Gasteiger partial charge in [-0.15, -0.1) is 0 Å². The Morgan fingerprint density at radius 1 is 1.47 bits per heavy atom. The number of aryl methyl sites for hydroxylation is 1. The number of aromatic nitrogens is 2. The second-order valence-electron chi connectivity index (χ2n) is 5.02. The molecule has 1 amide bonds. The molecular weight excluding hydrogens is 258 g/mol. The van der Waals surface area contributed by atoms with E-state index >= 15 is 0 Å². The molecule has 1 aliphatic heterocycles. The van der Waals surface area contributed by atoms with Crippen LogP contribution in [0.1, 0.15) is 34.8 Å². The van der Waals surface area contributed by atoms with Gasteiger partial charge in [-0.25, -0.2) is 0 Å². The third-order valence-electron chi connectivity index (χ3n) is 3.63. The number of hydrogen-bond acceptors (Lipinski definition) is 3. The minimum Gasteiger partial charge on any atom is -0.338 e. The van der Waals surface area contributed by atoms with Crippen LogP contribution in [0.3, 0.4) is 0 Å². The van der Waals surface area contributed by atoms with Gasteiger partial charge in [-0.05, 0) is 30.4 Å². The Bertz CT molecular complexity index is 561. The molecule has 1 saturated heterocycles. The molecule has 100 valence electrons. The van der Waals surface area contributed by atoms with Crippen LogP contribution in [0.5, 0.6) is 0 Å². The van der Waals surface area contributed by atoms with E-state index in [4.69, 9.17) is 0 Å². The lowest BCUT2D eigenvalue weighted by Crippen LogP contribution is -2.39. The lowest BCUT2D eigenvalue weighted by Gasteiger charge is -2.31. The molecule has 0 aromatic carbocycles. The van der Waals surface area contributed by atoms with Gasteiger partial charge in [0.05, 0.1) is 11.3 Å². The third kappa shape index (κ3) is 2.56. The van der Waals surface area contributed by atoms with E-state index in [0.717, 1.165) is 37.2 Å². The van der Waals surface area contributed by atoms with Gasteiger partial charge in [0.25, 0.3) is 5.91 Å². The van der Waals surface area contributed by atoms with Gasteiger partial charge in [-0.3, -0.25) is 9.48 Å². The van der Waals surface area contributed by atoms with Crippen molar-refractivity contribution in [1.29, 1.82) is 0 Å². The van der Waals surface area contributed by atoms with Gasteiger partial charge in [-0.2, -0.15) is 16.4 Å². The lowest BCUT2D eigenvalue weighted by molar-refractivity contribution is 0.0706. The third-order valence-corrected chi connectivity index (χ3v) is 4.31. The number of nitrogens with zero attached hydrogens (tertiary/aromatic N) is 3. The van der Waals surface area contributed by atoms with Crippen LogP contribution in [-0.4, -0.2) is 33.7 Å². The summed E-state index contributed by atoms with van der Waals surface area (Å²) in [5.41, 5.74) is 1.91. The monoisotopic (exact) mass is 275 g/mol. The van der Waals surface area contributed by atoms with Crippen molar-refractivity contribution in [3.8, 4) is 0 Å². The van der Waals surface area contributed by atoms with Crippen LogP contribution in [0.4, 0.5) is 0 Å². The average Bonchev–Trinajstić information content (AvgIpc) is 3.09. The zero-order chi connectivity index (χ0) is 13.2. The van der Waals surface area contributed by atoms with E-state index in [1.165, 1.54) is 0 Å². The van der Waals surface area contributed by atoms with Crippen molar-refractivity contribution in [3.63, 3.8) is 0 Å². The first-order valence-electron chi connectivity index (χ1n) is 6.55. The van der Waals surface area contributed by atoms with Crippen LogP contribution in [-0.2, 0) is 7.05 Å². The van der Waals surface area contributed by atoms with Gasteiger partial charge in [0.2, 0.25) is 0 Å². The highest BCUT2D eigenvalue weighted by Gasteiger charge is 2.26. The molecule has 0 spiro atoms. The number of hydrogen-bond donors (Lipinski definition) is 0. The van der Waals surface area contributed by atoms with Crippen molar-refractivity contribution in [1.82, 2.24) is 14.7 Å². The minimum atomic E-state index is 0.155. The van der Waals surface area contributed by atoms with Crippen molar-refractivity contribution in [2.75, 3.05) is 13.1 Å². The Kier molecular flexibility index (Phi) is 3.38. The van der Waals surface area contributed by atoms with Gasteiger partial charge in [-0.1, -0.05) is 0 Å². The Morgan fingerprint density at radius 2 is 2.37 bits per heavy atom.